The number of ether oxygens (including phenoxy) is 1. The van der Waals surface area contributed by atoms with Gasteiger partial charge in [0.05, 0.1) is 18.0 Å². The van der Waals surface area contributed by atoms with Gasteiger partial charge in [0.25, 0.3) is 0 Å². The van der Waals surface area contributed by atoms with Crippen molar-refractivity contribution in [2.45, 2.75) is 20.8 Å². The minimum atomic E-state index is -0.534. The molecule has 1 aromatic rings. The highest BCUT2D eigenvalue weighted by atomic mass is 35.5. The third-order valence-corrected chi connectivity index (χ3v) is 2.00. The predicted molar refractivity (Wildman–Crippen MR) is 52.5 cm³/mol. The van der Waals surface area contributed by atoms with E-state index < -0.39 is 5.97 Å². The molecule has 0 saturated carbocycles. The van der Waals surface area contributed by atoms with Gasteiger partial charge in [0.15, 0.2) is 10.8 Å². The van der Waals surface area contributed by atoms with E-state index in [-0.39, 0.29) is 10.8 Å². The fraction of sp³-hybridized carbons (Fsp3) is 0.444. The molecule has 0 aliphatic rings. The Balaban J connectivity index is 3.09. The van der Waals surface area contributed by atoms with Crippen LogP contribution < -0.4 is 0 Å². The van der Waals surface area contributed by atoms with E-state index in [1.165, 1.54) is 0 Å². The summed E-state index contributed by atoms with van der Waals surface area (Å²) in [6, 6.07) is 0. The Hall–Kier alpha value is -1.16. The highest BCUT2D eigenvalue weighted by molar-refractivity contribution is 6.32. The maximum absolute atomic E-state index is 11.3. The van der Waals surface area contributed by atoms with Gasteiger partial charge in [-0.15, -0.1) is 0 Å². The van der Waals surface area contributed by atoms with Gasteiger partial charge in [0, 0.05) is 0 Å². The molecule has 0 saturated heterocycles. The van der Waals surface area contributed by atoms with E-state index >= 15 is 0 Å². The molecule has 0 unspecified atom stereocenters. The summed E-state index contributed by atoms with van der Waals surface area (Å²) in [5, 5.41) is 0.0894. The van der Waals surface area contributed by atoms with E-state index in [9.17, 15) is 4.79 Å². The minimum absolute atomic E-state index is 0.0802. The maximum atomic E-state index is 11.3. The Labute approximate surface area is 87.3 Å². The molecule has 14 heavy (non-hydrogen) atoms. The van der Waals surface area contributed by atoms with E-state index in [1.807, 2.05) is 0 Å². The molecule has 1 heterocycles. The summed E-state index contributed by atoms with van der Waals surface area (Å²) in [6.45, 7) is 5.56. The number of hydrogen-bond donors (Lipinski definition) is 0. The van der Waals surface area contributed by atoms with E-state index in [1.54, 1.807) is 20.8 Å². The van der Waals surface area contributed by atoms with E-state index in [0.717, 1.165) is 0 Å². The molecule has 0 spiro atoms. The lowest BCUT2D eigenvalue weighted by molar-refractivity contribution is 0.0519. The van der Waals surface area contributed by atoms with Gasteiger partial charge < -0.3 is 4.74 Å². The molecule has 1 aromatic heterocycles. The van der Waals surface area contributed by atoms with Crippen LogP contribution in [0.4, 0.5) is 0 Å². The molecule has 0 atom stereocenters. The van der Waals surface area contributed by atoms with Crippen LogP contribution in [0, 0.1) is 13.8 Å². The SMILES string of the molecule is CCOC(=O)c1nc(C)c(C)nc1Cl. The molecule has 0 bridgehead atoms. The van der Waals surface area contributed by atoms with Gasteiger partial charge in [-0.05, 0) is 20.8 Å². The van der Waals surface area contributed by atoms with Crippen molar-refractivity contribution < 1.29 is 9.53 Å². The van der Waals surface area contributed by atoms with Crippen molar-refractivity contribution in [2.75, 3.05) is 6.61 Å². The summed E-state index contributed by atoms with van der Waals surface area (Å²) in [4.78, 5) is 19.3. The van der Waals surface area contributed by atoms with E-state index in [4.69, 9.17) is 16.3 Å². The molecule has 0 aliphatic carbocycles. The first-order chi connectivity index (χ1) is 6.56. The molecule has 0 aliphatic heterocycles. The second-order valence-electron chi connectivity index (χ2n) is 2.75. The van der Waals surface area contributed by atoms with Crippen molar-refractivity contribution in [3.8, 4) is 0 Å². The molecule has 0 radical (unpaired) electrons. The first-order valence-corrected chi connectivity index (χ1v) is 4.62. The fourth-order valence-corrected chi connectivity index (χ4v) is 1.15. The minimum Gasteiger partial charge on any atom is -0.461 e. The van der Waals surface area contributed by atoms with Crippen molar-refractivity contribution in [1.82, 2.24) is 9.97 Å². The van der Waals surface area contributed by atoms with Crippen molar-refractivity contribution in [2.24, 2.45) is 0 Å². The average molecular weight is 215 g/mol. The quantitative estimate of drug-likeness (QED) is 0.706. The maximum Gasteiger partial charge on any atom is 0.360 e. The number of carbonyl (C=O) groups excluding carboxylic acids is 1. The molecule has 0 aromatic carbocycles. The molecule has 76 valence electrons. The zero-order chi connectivity index (χ0) is 10.7. The Morgan fingerprint density at radius 1 is 1.36 bits per heavy atom. The lowest BCUT2D eigenvalue weighted by Gasteiger charge is -2.05. The van der Waals surface area contributed by atoms with Crippen LogP contribution in [0.3, 0.4) is 0 Å². The van der Waals surface area contributed by atoms with Gasteiger partial charge in [0.2, 0.25) is 0 Å². The highest BCUT2D eigenvalue weighted by Gasteiger charge is 2.15. The van der Waals surface area contributed by atoms with E-state index in [0.29, 0.717) is 18.0 Å². The summed E-state index contributed by atoms with van der Waals surface area (Å²) in [5.74, 6) is -0.534. The molecular formula is C9H11ClN2O2. The Morgan fingerprint density at radius 2 is 1.93 bits per heavy atom. The second kappa shape index (κ2) is 4.37. The monoisotopic (exact) mass is 214 g/mol. The number of hydrogen-bond acceptors (Lipinski definition) is 4. The fourth-order valence-electron chi connectivity index (χ4n) is 0.905. The molecule has 0 fully saturated rings. The van der Waals surface area contributed by atoms with Gasteiger partial charge in [-0.3, -0.25) is 0 Å². The van der Waals surface area contributed by atoms with Gasteiger partial charge in [-0.25, -0.2) is 14.8 Å². The summed E-state index contributed by atoms with van der Waals surface area (Å²) in [7, 11) is 0. The van der Waals surface area contributed by atoms with E-state index in [2.05, 4.69) is 9.97 Å². The third-order valence-electron chi connectivity index (χ3n) is 1.73. The number of aryl methyl sites for hydroxylation is 2. The highest BCUT2D eigenvalue weighted by Crippen LogP contribution is 2.14. The zero-order valence-electron chi connectivity index (χ0n) is 8.30. The van der Waals surface area contributed by atoms with Crippen molar-refractivity contribution in [3.05, 3.63) is 22.2 Å². The van der Waals surface area contributed by atoms with Gasteiger partial charge in [-0.1, -0.05) is 11.6 Å². The van der Waals surface area contributed by atoms with Crippen LogP contribution >= 0.6 is 11.6 Å². The van der Waals surface area contributed by atoms with Gasteiger partial charge >= 0.3 is 5.97 Å². The van der Waals surface area contributed by atoms with Crippen LogP contribution in [0.2, 0.25) is 5.15 Å². The molecule has 1 rings (SSSR count). The largest absolute Gasteiger partial charge is 0.461 e. The van der Waals surface area contributed by atoms with Crippen molar-refractivity contribution >= 4 is 17.6 Å². The summed E-state index contributed by atoms with van der Waals surface area (Å²) < 4.78 is 4.78. The number of halogens is 1. The van der Waals surface area contributed by atoms with Gasteiger partial charge in [-0.2, -0.15) is 0 Å². The molecule has 5 heteroatoms. The number of esters is 1. The molecule has 4 nitrogen and oxygen atoms in total. The molecule has 0 N–H and O–H groups in total. The normalized spacial score (nSPS) is 10.0. The van der Waals surface area contributed by atoms with Crippen LogP contribution in [0.15, 0.2) is 0 Å². The number of rotatable bonds is 2. The lowest BCUT2D eigenvalue weighted by Crippen LogP contribution is -2.10. The Kier molecular flexibility index (Phi) is 3.41. The topological polar surface area (TPSA) is 52.1 Å². The van der Waals surface area contributed by atoms with Crippen LogP contribution in [0.5, 0.6) is 0 Å². The summed E-state index contributed by atoms with van der Waals surface area (Å²) in [5.41, 5.74) is 1.47. The van der Waals surface area contributed by atoms with Crippen LogP contribution in [-0.2, 0) is 4.74 Å². The molecule has 0 amide bonds. The second-order valence-corrected chi connectivity index (χ2v) is 3.11. The Morgan fingerprint density at radius 3 is 2.50 bits per heavy atom. The first-order valence-electron chi connectivity index (χ1n) is 4.24. The van der Waals surface area contributed by atoms with Crippen LogP contribution in [0.25, 0.3) is 0 Å². The third kappa shape index (κ3) is 2.20. The summed E-state index contributed by atoms with van der Waals surface area (Å²) in [6.07, 6.45) is 0. The zero-order valence-corrected chi connectivity index (χ0v) is 9.05. The smallest absolute Gasteiger partial charge is 0.360 e. The average Bonchev–Trinajstić information content (AvgIpc) is 2.11. The van der Waals surface area contributed by atoms with Crippen LogP contribution in [0.1, 0.15) is 28.8 Å². The van der Waals surface area contributed by atoms with Crippen molar-refractivity contribution in [1.29, 1.82) is 0 Å². The van der Waals surface area contributed by atoms with Gasteiger partial charge in [0.1, 0.15) is 0 Å². The summed E-state index contributed by atoms with van der Waals surface area (Å²) >= 11 is 5.76. The lowest BCUT2D eigenvalue weighted by atomic mass is 10.3. The standard InChI is InChI=1S/C9H11ClN2O2/c1-4-14-9(13)7-8(10)12-6(3)5(2)11-7/h4H2,1-3H3. The number of carbonyl (C=O) groups is 1. The first kappa shape index (κ1) is 10.9. The van der Waals surface area contributed by atoms with Crippen LogP contribution in [-0.4, -0.2) is 22.5 Å². The Bertz CT molecular complexity index is 366. The van der Waals surface area contributed by atoms with Crippen molar-refractivity contribution in [3.63, 3.8) is 0 Å². The number of nitrogens with zero attached hydrogens (tertiary/aromatic N) is 2. The predicted octanol–water partition coefficient (Wildman–Crippen LogP) is 1.92. The molecular weight excluding hydrogens is 204 g/mol. The number of aromatic nitrogens is 2.